The van der Waals surface area contributed by atoms with Crippen LogP contribution in [0.25, 0.3) is 0 Å². The largest absolute Gasteiger partial charge is 0.493 e. The second-order valence-corrected chi connectivity index (χ2v) is 9.76. The van der Waals surface area contributed by atoms with Crippen LogP contribution in [-0.2, 0) is 10.5 Å². The Balaban J connectivity index is 1.64. The van der Waals surface area contributed by atoms with Gasteiger partial charge >= 0.3 is 0 Å². The van der Waals surface area contributed by atoms with Crippen LogP contribution in [0.2, 0.25) is 0 Å². The maximum atomic E-state index is 12.4. The minimum atomic E-state index is -0.517. The molecule has 38 heavy (non-hydrogen) atoms. The van der Waals surface area contributed by atoms with Gasteiger partial charge < -0.3 is 24.8 Å². The Morgan fingerprint density at radius 3 is 2.61 bits per heavy atom. The highest BCUT2D eigenvalue weighted by Gasteiger charge is 2.35. The van der Waals surface area contributed by atoms with E-state index >= 15 is 0 Å². The van der Waals surface area contributed by atoms with Crippen LogP contribution in [0.1, 0.15) is 42.1 Å². The summed E-state index contributed by atoms with van der Waals surface area (Å²) in [4.78, 5) is 15.2. The van der Waals surface area contributed by atoms with Gasteiger partial charge in [-0.1, -0.05) is 23.8 Å². The molecule has 0 saturated carbocycles. The van der Waals surface area contributed by atoms with Gasteiger partial charge in [-0.25, -0.2) is 0 Å². The topological polar surface area (TPSA) is 126 Å². The number of rotatable bonds is 10. The minimum absolute atomic E-state index is 0.0124. The van der Waals surface area contributed by atoms with Crippen molar-refractivity contribution in [1.82, 2.24) is 15.1 Å². The number of aryl methyl sites for hydroxylation is 1. The first kappa shape index (κ1) is 26.9. The van der Waals surface area contributed by atoms with Crippen LogP contribution in [0.5, 0.6) is 17.4 Å². The number of carbonyl (C=O) groups is 1. The number of amides is 1. The number of likely N-dealkylation sites (N-methyl/N-ethyl adjacent to an activating group) is 1. The van der Waals surface area contributed by atoms with Crippen molar-refractivity contribution in [2.75, 3.05) is 26.8 Å². The van der Waals surface area contributed by atoms with Crippen LogP contribution in [0.15, 0.2) is 58.8 Å². The summed E-state index contributed by atoms with van der Waals surface area (Å²) in [5.41, 5.74) is 9.96. The Morgan fingerprint density at radius 2 is 1.95 bits per heavy atom. The minimum Gasteiger partial charge on any atom is -0.493 e. The first-order valence-corrected chi connectivity index (χ1v) is 13.3. The molecule has 1 aliphatic rings. The molecule has 1 aliphatic heterocycles. The number of aromatic amines is 1. The number of nitriles is 1. The number of hydrogen-bond donors (Lipinski definition) is 2. The van der Waals surface area contributed by atoms with Crippen molar-refractivity contribution in [2.45, 2.75) is 37.3 Å². The van der Waals surface area contributed by atoms with E-state index in [0.717, 1.165) is 21.7 Å². The summed E-state index contributed by atoms with van der Waals surface area (Å²) >= 11 is 1.65. The monoisotopic (exact) mass is 533 g/mol. The van der Waals surface area contributed by atoms with Crippen molar-refractivity contribution in [3.05, 3.63) is 76.3 Å². The number of allylic oxidation sites excluding steroid dienone is 1. The van der Waals surface area contributed by atoms with E-state index in [9.17, 15) is 10.1 Å². The van der Waals surface area contributed by atoms with Gasteiger partial charge in [0.15, 0.2) is 18.1 Å². The summed E-state index contributed by atoms with van der Waals surface area (Å²) in [5.74, 6) is 1.20. The molecule has 9 nitrogen and oxygen atoms in total. The Kier molecular flexibility index (Phi) is 8.48. The fourth-order valence-electron chi connectivity index (χ4n) is 4.33. The van der Waals surface area contributed by atoms with Crippen LogP contribution in [-0.4, -0.2) is 47.8 Å². The first-order chi connectivity index (χ1) is 18.4. The van der Waals surface area contributed by atoms with Crippen LogP contribution in [0, 0.1) is 18.3 Å². The standard InChI is InChI=1S/C28H31N5O4S/c1-5-33(6-2)24(34)15-36-22-12-9-18(13-23(22)35-4)25-20(14-29)27(30)37-28-26(25)21(31-32-28)16-38-19-10-7-17(3)8-11-19/h7-13,25H,5-6,15-16,30H2,1-4H3,(H,31,32)/t25-/m1/s1. The third-order valence-electron chi connectivity index (χ3n) is 6.41. The highest BCUT2D eigenvalue weighted by Crippen LogP contribution is 2.45. The number of carbonyl (C=O) groups excluding carboxylic acids is 1. The molecule has 0 radical (unpaired) electrons. The van der Waals surface area contributed by atoms with Crippen molar-refractivity contribution in [3.63, 3.8) is 0 Å². The molecule has 3 aromatic rings. The summed E-state index contributed by atoms with van der Waals surface area (Å²) in [6.45, 7) is 7.02. The number of H-pyrrole nitrogens is 1. The molecule has 3 N–H and O–H groups in total. The van der Waals surface area contributed by atoms with Crippen molar-refractivity contribution in [2.24, 2.45) is 5.73 Å². The fourth-order valence-corrected chi connectivity index (χ4v) is 5.19. The average Bonchev–Trinajstić information content (AvgIpc) is 3.33. The molecule has 1 atom stereocenters. The van der Waals surface area contributed by atoms with Gasteiger partial charge in [0.25, 0.3) is 5.91 Å². The van der Waals surface area contributed by atoms with Gasteiger partial charge in [0.2, 0.25) is 11.8 Å². The van der Waals surface area contributed by atoms with Crippen molar-refractivity contribution in [3.8, 4) is 23.4 Å². The number of nitrogens with zero attached hydrogens (tertiary/aromatic N) is 3. The second-order valence-electron chi connectivity index (χ2n) is 8.71. The maximum absolute atomic E-state index is 12.4. The van der Waals surface area contributed by atoms with Gasteiger partial charge in [-0.15, -0.1) is 16.9 Å². The van der Waals surface area contributed by atoms with Gasteiger partial charge in [-0.3, -0.25) is 9.89 Å². The third-order valence-corrected chi connectivity index (χ3v) is 7.45. The second kappa shape index (κ2) is 12.0. The van der Waals surface area contributed by atoms with Crippen LogP contribution >= 0.6 is 11.8 Å². The molecule has 10 heteroatoms. The summed E-state index contributed by atoms with van der Waals surface area (Å²) < 4.78 is 17.1. The number of hydrogen-bond acceptors (Lipinski definition) is 8. The zero-order valence-electron chi connectivity index (χ0n) is 21.9. The molecule has 0 bridgehead atoms. The zero-order valence-corrected chi connectivity index (χ0v) is 22.7. The van der Waals surface area contributed by atoms with Crippen LogP contribution in [0.4, 0.5) is 0 Å². The van der Waals surface area contributed by atoms with Gasteiger partial charge in [-0.2, -0.15) is 5.26 Å². The van der Waals surface area contributed by atoms with Gasteiger partial charge in [0.05, 0.1) is 24.3 Å². The van der Waals surface area contributed by atoms with Gasteiger partial charge in [-0.05, 0) is 50.6 Å². The molecule has 0 unspecified atom stereocenters. The van der Waals surface area contributed by atoms with E-state index in [2.05, 4.69) is 47.5 Å². The molecule has 0 fully saturated rings. The summed E-state index contributed by atoms with van der Waals surface area (Å²) in [7, 11) is 1.53. The first-order valence-electron chi connectivity index (χ1n) is 12.3. The number of nitrogens with one attached hydrogen (secondary N) is 1. The van der Waals surface area contributed by atoms with Gasteiger partial charge in [0, 0.05) is 23.7 Å². The lowest BCUT2D eigenvalue weighted by Crippen LogP contribution is -2.34. The molecule has 2 aromatic carbocycles. The number of fused-ring (bicyclic) bond motifs is 1. The van der Waals surface area contributed by atoms with Crippen molar-refractivity contribution >= 4 is 17.7 Å². The highest BCUT2D eigenvalue weighted by molar-refractivity contribution is 7.98. The molecule has 0 saturated heterocycles. The smallest absolute Gasteiger partial charge is 0.260 e. The van der Waals surface area contributed by atoms with Crippen LogP contribution in [0.3, 0.4) is 0 Å². The van der Waals surface area contributed by atoms with E-state index in [1.807, 2.05) is 19.9 Å². The predicted molar refractivity (Wildman–Crippen MR) is 145 cm³/mol. The number of aromatic nitrogens is 2. The number of ether oxygens (including phenoxy) is 3. The SMILES string of the molecule is CCN(CC)C(=O)COc1ccc([C@@H]2C(C#N)=C(N)Oc3n[nH]c(CSc4ccc(C)cc4)c32)cc1OC. The summed E-state index contributed by atoms with van der Waals surface area (Å²) in [6.07, 6.45) is 0. The van der Waals surface area contributed by atoms with E-state index in [4.69, 9.17) is 19.9 Å². The van der Waals surface area contributed by atoms with E-state index in [1.165, 1.54) is 12.7 Å². The number of benzene rings is 2. The lowest BCUT2D eigenvalue weighted by molar-refractivity contribution is -0.132. The molecule has 198 valence electrons. The molecule has 1 amide bonds. The summed E-state index contributed by atoms with van der Waals surface area (Å²) in [5, 5.41) is 17.4. The Bertz CT molecular complexity index is 1370. The maximum Gasteiger partial charge on any atom is 0.260 e. The highest BCUT2D eigenvalue weighted by atomic mass is 32.2. The molecule has 4 rings (SSSR count). The van der Waals surface area contributed by atoms with E-state index in [-0.39, 0.29) is 24.0 Å². The molecular weight excluding hydrogens is 502 g/mol. The Hall–Kier alpha value is -4.10. The molecule has 1 aromatic heterocycles. The van der Waals surface area contributed by atoms with E-state index in [1.54, 1.807) is 28.8 Å². The lowest BCUT2D eigenvalue weighted by Gasteiger charge is -2.25. The average molecular weight is 534 g/mol. The van der Waals surface area contributed by atoms with Crippen LogP contribution < -0.4 is 19.9 Å². The Morgan fingerprint density at radius 1 is 1.21 bits per heavy atom. The third kappa shape index (κ3) is 5.58. The normalized spacial score (nSPS) is 14.3. The predicted octanol–water partition coefficient (Wildman–Crippen LogP) is 4.48. The molecule has 0 spiro atoms. The van der Waals surface area contributed by atoms with E-state index < -0.39 is 5.92 Å². The Labute approximate surface area is 226 Å². The summed E-state index contributed by atoms with van der Waals surface area (Å²) in [6, 6.07) is 15.9. The number of nitrogens with two attached hydrogens (primary N) is 1. The molecule has 2 heterocycles. The molecular formula is C28H31N5O4S. The molecule has 0 aliphatic carbocycles. The fraction of sp³-hybridized carbons (Fsp3) is 0.321. The quantitative estimate of drug-likeness (QED) is 0.365. The lowest BCUT2D eigenvalue weighted by atomic mass is 9.84. The van der Waals surface area contributed by atoms with E-state index in [0.29, 0.717) is 36.2 Å². The number of methoxy groups -OCH3 is 1. The van der Waals surface area contributed by atoms with Gasteiger partial charge in [0.1, 0.15) is 11.6 Å². The zero-order chi connectivity index (χ0) is 27.2. The number of thioether (sulfide) groups is 1. The van der Waals surface area contributed by atoms with Crippen molar-refractivity contribution < 1.29 is 19.0 Å². The van der Waals surface area contributed by atoms with Crippen molar-refractivity contribution in [1.29, 1.82) is 5.26 Å².